The molecule has 1 N–H and O–H groups in total. The first-order valence-electron chi connectivity index (χ1n) is 8.21. The van der Waals surface area contributed by atoms with Crippen LogP contribution >= 0.6 is 0 Å². The van der Waals surface area contributed by atoms with E-state index in [0.29, 0.717) is 12.5 Å². The van der Waals surface area contributed by atoms with Crippen molar-refractivity contribution in [2.24, 2.45) is 17.3 Å². The molecule has 4 nitrogen and oxygen atoms in total. The quantitative estimate of drug-likeness (QED) is 0.848. The normalized spacial score (nSPS) is 23.3. The molecule has 4 heteroatoms. The molecule has 2 aliphatic rings. The van der Waals surface area contributed by atoms with E-state index in [-0.39, 0.29) is 24.0 Å². The first-order valence-corrected chi connectivity index (χ1v) is 8.21. The van der Waals surface area contributed by atoms with Crippen molar-refractivity contribution in [3.8, 4) is 11.5 Å². The van der Waals surface area contributed by atoms with Crippen LogP contribution in [0.4, 0.5) is 0 Å². The second-order valence-electron chi connectivity index (χ2n) is 7.30. The third-order valence-electron chi connectivity index (χ3n) is 4.86. The van der Waals surface area contributed by atoms with Gasteiger partial charge in [0.25, 0.3) is 0 Å². The van der Waals surface area contributed by atoms with Gasteiger partial charge in [0.2, 0.25) is 12.7 Å². The maximum atomic E-state index is 12.4. The van der Waals surface area contributed by atoms with Crippen LogP contribution in [0.1, 0.15) is 33.3 Å². The number of carbonyl (C=O) groups excluding carboxylic acids is 1. The average Bonchev–Trinajstić information content (AvgIpc) is 2.85. The molecule has 3 rings (SSSR count). The largest absolute Gasteiger partial charge is 0.454 e. The molecule has 1 heterocycles. The van der Waals surface area contributed by atoms with Crippen LogP contribution in [0, 0.1) is 17.3 Å². The van der Waals surface area contributed by atoms with Gasteiger partial charge < -0.3 is 14.8 Å². The van der Waals surface area contributed by atoms with Crippen molar-refractivity contribution in [2.75, 3.05) is 13.3 Å². The summed E-state index contributed by atoms with van der Waals surface area (Å²) in [4.78, 5) is 12.4. The number of carbonyl (C=O) groups is 1. The van der Waals surface area contributed by atoms with Gasteiger partial charge >= 0.3 is 0 Å². The lowest BCUT2D eigenvalue weighted by Gasteiger charge is -2.07. The molecule has 1 aliphatic carbocycles. The van der Waals surface area contributed by atoms with E-state index in [1.165, 1.54) is 5.57 Å². The Labute approximate surface area is 137 Å². The lowest BCUT2D eigenvalue weighted by atomic mass is 10.1. The maximum Gasteiger partial charge on any atom is 0.231 e. The molecule has 0 aromatic heterocycles. The van der Waals surface area contributed by atoms with Gasteiger partial charge in [0, 0.05) is 6.54 Å². The Bertz CT molecular complexity index is 644. The molecule has 124 valence electrons. The molecule has 1 aromatic rings. The molecule has 2 atom stereocenters. The molecule has 23 heavy (non-hydrogen) atoms. The fourth-order valence-electron chi connectivity index (χ4n) is 3.39. The van der Waals surface area contributed by atoms with Crippen molar-refractivity contribution in [1.29, 1.82) is 0 Å². The molecule has 1 aromatic carbocycles. The molecular weight excluding hydrogens is 290 g/mol. The lowest BCUT2D eigenvalue weighted by Crippen LogP contribution is -2.28. The third kappa shape index (κ3) is 3.21. The highest BCUT2D eigenvalue weighted by Gasteiger charge is 2.60. The summed E-state index contributed by atoms with van der Waals surface area (Å²) < 4.78 is 10.7. The van der Waals surface area contributed by atoms with Crippen LogP contribution in [-0.4, -0.2) is 19.2 Å². The fraction of sp³-hybridized carbons (Fsp3) is 0.526. The van der Waals surface area contributed by atoms with Crippen molar-refractivity contribution in [1.82, 2.24) is 5.32 Å². The number of allylic oxidation sites excluding steroid dienone is 2. The Morgan fingerprint density at radius 1 is 1.30 bits per heavy atom. The number of benzene rings is 1. The molecule has 1 saturated carbocycles. The Hall–Kier alpha value is -1.97. The zero-order valence-corrected chi connectivity index (χ0v) is 14.3. The minimum absolute atomic E-state index is 0.0695. The number of ether oxygens (including phenoxy) is 2. The minimum atomic E-state index is 0.0695. The summed E-state index contributed by atoms with van der Waals surface area (Å²) in [6.45, 7) is 9.44. The first kappa shape index (κ1) is 15.9. The van der Waals surface area contributed by atoms with Gasteiger partial charge in [-0.15, -0.1) is 0 Å². The molecule has 0 bridgehead atoms. The lowest BCUT2D eigenvalue weighted by molar-refractivity contribution is -0.123. The Morgan fingerprint density at radius 2 is 2.04 bits per heavy atom. The summed E-state index contributed by atoms with van der Waals surface area (Å²) in [5.74, 6) is 2.20. The topological polar surface area (TPSA) is 47.6 Å². The van der Waals surface area contributed by atoms with Crippen LogP contribution in [0.25, 0.3) is 0 Å². The molecule has 1 fully saturated rings. The fourth-order valence-corrected chi connectivity index (χ4v) is 3.39. The number of hydrogen-bond donors (Lipinski definition) is 1. The van der Waals surface area contributed by atoms with Crippen molar-refractivity contribution in [3.63, 3.8) is 0 Å². The number of fused-ring (bicyclic) bond motifs is 1. The number of amides is 1. The number of nitrogens with one attached hydrogen (secondary N) is 1. The molecular formula is C19H25NO3. The van der Waals surface area contributed by atoms with Crippen molar-refractivity contribution in [2.45, 2.75) is 34.1 Å². The standard InChI is InChI=1S/C19H25NO3/c1-12(2)9-14-17(19(14,3)4)18(21)20-8-7-13-5-6-15-16(10-13)23-11-22-15/h5-6,9-10,14,17H,7-8,11H2,1-4H3,(H,20,21). The minimum Gasteiger partial charge on any atom is -0.454 e. The summed E-state index contributed by atoms with van der Waals surface area (Å²) in [6, 6.07) is 5.93. The number of hydrogen-bond acceptors (Lipinski definition) is 3. The van der Waals surface area contributed by atoms with Crippen LogP contribution in [0.3, 0.4) is 0 Å². The third-order valence-corrected chi connectivity index (χ3v) is 4.86. The highest BCUT2D eigenvalue weighted by atomic mass is 16.7. The van der Waals surface area contributed by atoms with Gasteiger partial charge in [0.05, 0.1) is 5.92 Å². The van der Waals surface area contributed by atoms with Crippen LogP contribution < -0.4 is 14.8 Å². The van der Waals surface area contributed by atoms with E-state index in [4.69, 9.17) is 9.47 Å². The number of rotatable bonds is 5. The Kier molecular flexibility index (Phi) is 4.09. The van der Waals surface area contributed by atoms with E-state index >= 15 is 0 Å². The smallest absolute Gasteiger partial charge is 0.231 e. The van der Waals surface area contributed by atoms with E-state index in [2.05, 4.69) is 39.1 Å². The van der Waals surface area contributed by atoms with E-state index in [1.807, 2.05) is 18.2 Å². The molecule has 0 radical (unpaired) electrons. The Morgan fingerprint density at radius 3 is 2.78 bits per heavy atom. The molecule has 0 saturated heterocycles. The summed E-state index contributed by atoms with van der Waals surface area (Å²) >= 11 is 0. The van der Waals surface area contributed by atoms with Gasteiger partial charge in [-0.2, -0.15) is 0 Å². The van der Waals surface area contributed by atoms with Crippen molar-refractivity contribution in [3.05, 3.63) is 35.4 Å². The zero-order valence-electron chi connectivity index (χ0n) is 14.3. The van der Waals surface area contributed by atoms with Crippen LogP contribution in [0.5, 0.6) is 11.5 Å². The van der Waals surface area contributed by atoms with Crippen molar-refractivity contribution < 1.29 is 14.3 Å². The van der Waals surface area contributed by atoms with Crippen LogP contribution in [0.15, 0.2) is 29.8 Å². The predicted molar refractivity (Wildman–Crippen MR) is 89.5 cm³/mol. The molecule has 1 amide bonds. The summed E-state index contributed by atoms with van der Waals surface area (Å²) in [5, 5.41) is 3.08. The van der Waals surface area contributed by atoms with Gasteiger partial charge in [-0.1, -0.05) is 31.6 Å². The van der Waals surface area contributed by atoms with Gasteiger partial charge in [-0.3, -0.25) is 4.79 Å². The monoisotopic (exact) mass is 315 g/mol. The van der Waals surface area contributed by atoms with Gasteiger partial charge in [-0.25, -0.2) is 0 Å². The second kappa shape index (κ2) is 5.91. The molecule has 0 spiro atoms. The second-order valence-corrected chi connectivity index (χ2v) is 7.30. The summed E-state index contributed by atoms with van der Waals surface area (Å²) in [6.07, 6.45) is 3.02. The first-order chi connectivity index (χ1) is 10.9. The predicted octanol–water partition coefficient (Wildman–Crippen LogP) is 3.31. The molecule has 1 aliphatic heterocycles. The Balaban J connectivity index is 1.51. The average molecular weight is 315 g/mol. The van der Waals surface area contributed by atoms with E-state index in [1.54, 1.807) is 0 Å². The van der Waals surface area contributed by atoms with E-state index < -0.39 is 0 Å². The summed E-state index contributed by atoms with van der Waals surface area (Å²) in [7, 11) is 0. The maximum absolute atomic E-state index is 12.4. The molecule has 2 unspecified atom stereocenters. The van der Waals surface area contributed by atoms with Crippen LogP contribution in [-0.2, 0) is 11.2 Å². The van der Waals surface area contributed by atoms with Gasteiger partial charge in [0.15, 0.2) is 11.5 Å². The zero-order chi connectivity index (χ0) is 16.6. The highest BCUT2D eigenvalue weighted by Crippen LogP contribution is 2.59. The van der Waals surface area contributed by atoms with E-state index in [9.17, 15) is 4.79 Å². The SMILES string of the molecule is CC(C)=CC1C(C(=O)NCCc2ccc3c(c2)OCO3)C1(C)C. The summed E-state index contributed by atoms with van der Waals surface area (Å²) in [5.41, 5.74) is 2.49. The highest BCUT2D eigenvalue weighted by molar-refractivity contribution is 5.83. The van der Waals surface area contributed by atoms with Crippen LogP contribution in [0.2, 0.25) is 0 Å². The van der Waals surface area contributed by atoms with E-state index in [0.717, 1.165) is 23.5 Å². The van der Waals surface area contributed by atoms with Crippen molar-refractivity contribution >= 4 is 5.91 Å². The van der Waals surface area contributed by atoms with Gasteiger partial charge in [0.1, 0.15) is 0 Å². The van der Waals surface area contributed by atoms with Gasteiger partial charge in [-0.05, 0) is 49.3 Å².